The largest absolute Gasteiger partial charge is 0.461 e. The Kier molecular flexibility index (Phi) is 6.00. The van der Waals surface area contributed by atoms with Crippen LogP contribution in [0.3, 0.4) is 0 Å². The Bertz CT molecular complexity index is 1340. The molecule has 1 N–H and O–H groups in total. The molecule has 3 aromatic rings. The summed E-state index contributed by atoms with van der Waals surface area (Å²) in [5, 5.41) is 4.34. The molecule has 38 heavy (non-hydrogen) atoms. The number of hydrogen-bond donors (Lipinski definition) is 1. The third kappa shape index (κ3) is 4.04. The molecule has 7 rings (SSSR count). The zero-order chi connectivity index (χ0) is 25.9. The Morgan fingerprint density at radius 3 is 2.55 bits per heavy atom. The minimum absolute atomic E-state index is 0.0742. The summed E-state index contributed by atoms with van der Waals surface area (Å²) < 4.78 is 22.8. The number of pyridine rings is 1. The first kappa shape index (κ1) is 24.2. The Hall–Kier alpha value is -2.84. The van der Waals surface area contributed by atoms with Gasteiger partial charge in [0.05, 0.1) is 10.9 Å². The van der Waals surface area contributed by atoms with E-state index in [1.807, 2.05) is 18.2 Å². The van der Waals surface area contributed by atoms with Crippen molar-refractivity contribution >= 4 is 16.7 Å². The number of halogens is 1. The number of ether oxygens (including phenoxy) is 1. The highest BCUT2D eigenvalue weighted by atomic mass is 19.1. The van der Waals surface area contributed by atoms with Crippen LogP contribution < -0.4 is 15.0 Å². The number of rotatable bonds is 6. The van der Waals surface area contributed by atoms with E-state index in [1.165, 1.54) is 12.8 Å². The molecule has 0 radical (unpaired) electrons. The first-order valence-electron chi connectivity index (χ1n) is 14.4. The average Bonchev–Trinajstić information content (AvgIpc) is 3.61. The van der Waals surface area contributed by atoms with Crippen LogP contribution in [0.15, 0.2) is 30.5 Å². The molecule has 0 saturated carbocycles. The third-order valence-corrected chi connectivity index (χ3v) is 9.28. The van der Waals surface area contributed by atoms with Crippen molar-refractivity contribution in [2.75, 3.05) is 37.7 Å². The number of anilines is 1. The van der Waals surface area contributed by atoms with Gasteiger partial charge in [0.2, 0.25) is 0 Å². The summed E-state index contributed by atoms with van der Waals surface area (Å²) in [7, 11) is 0. The molecule has 4 aliphatic rings. The lowest BCUT2D eigenvalue weighted by Crippen LogP contribution is -2.51. The van der Waals surface area contributed by atoms with Crippen LogP contribution in [0.1, 0.15) is 63.9 Å². The van der Waals surface area contributed by atoms with Gasteiger partial charge in [0.15, 0.2) is 5.82 Å². The SMILES string of the molecule is CC(C)c1ccccc1-c1ncc2c(N3CC4CCC(C3)N4)nc(OCC34CCCN3CCC4)nc2c1F. The van der Waals surface area contributed by atoms with Gasteiger partial charge in [0.1, 0.15) is 23.6 Å². The van der Waals surface area contributed by atoms with Crippen molar-refractivity contribution < 1.29 is 9.13 Å². The molecular weight excluding hydrogens is 479 g/mol. The lowest BCUT2D eigenvalue weighted by atomic mass is 9.94. The number of nitrogens with one attached hydrogen (secondary N) is 1. The molecule has 2 atom stereocenters. The van der Waals surface area contributed by atoms with E-state index < -0.39 is 5.82 Å². The summed E-state index contributed by atoms with van der Waals surface area (Å²) in [5.74, 6) is 0.591. The lowest BCUT2D eigenvalue weighted by molar-refractivity contribution is 0.108. The predicted octanol–water partition coefficient (Wildman–Crippen LogP) is 4.90. The number of benzene rings is 1. The second-order valence-electron chi connectivity index (χ2n) is 12.0. The molecule has 0 spiro atoms. The first-order valence-corrected chi connectivity index (χ1v) is 14.4. The standard InChI is InChI=1S/C30H37FN6O/c1-19(2)22-7-3-4-8-23(22)26-25(31)27-24(15-32-26)28(36-16-20-9-10-21(17-36)33-20)35-29(34-27)38-18-30-11-5-13-37(30)14-6-12-30/h3-4,7-8,15,19-21,33H,5-6,9-14,16-18H2,1-2H3. The van der Waals surface area contributed by atoms with Gasteiger partial charge in [0.25, 0.3) is 0 Å². The topological polar surface area (TPSA) is 66.4 Å². The molecule has 200 valence electrons. The van der Waals surface area contributed by atoms with Crippen molar-refractivity contribution in [2.45, 2.75) is 75.9 Å². The van der Waals surface area contributed by atoms with Crippen molar-refractivity contribution in [3.05, 3.63) is 41.8 Å². The van der Waals surface area contributed by atoms with E-state index in [1.54, 1.807) is 6.20 Å². The van der Waals surface area contributed by atoms with Crippen molar-refractivity contribution in [1.82, 2.24) is 25.2 Å². The molecule has 4 aliphatic heterocycles. The molecule has 1 aromatic carbocycles. The molecule has 4 fully saturated rings. The van der Waals surface area contributed by atoms with Gasteiger partial charge in [0, 0.05) is 36.9 Å². The van der Waals surface area contributed by atoms with Crippen molar-refractivity contribution in [3.8, 4) is 17.3 Å². The van der Waals surface area contributed by atoms with E-state index in [2.05, 4.69) is 40.0 Å². The summed E-state index contributed by atoms with van der Waals surface area (Å²) in [6.45, 7) is 8.76. The number of aromatic nitrogens is 3. The third-order valence-electron chi connectivity index (χ3n) is 9.28. The summed E-state index contributed by atoms with van der Waals surface area (Å²) in [5.41, 5.74) is 2.60. The van der Waals surface area contributed by atoms with E-state index in [9.17, 15) is 0 Å². The molecule has 0 amide bonds. The Balaban J connectivity index is 1.32. The maximum absolute atomic E-state index is 16.4. The average molecular weight is 517 g/mol. The molecule has 0 aliphatic carbocycles. The van der Waals surface area contributed by atoms with Gasteiger partial charge >= 0.3 is 6.01 Å². The quantitative estimate of drug-likeness (QED) is 0.500. The fourth-order valence-corrected chi connectivity index (χ4v) is 7.36. The fourth-order valence-electron chi connectivity index (χ4n) is 7.36. The zero-order valence-electron chi connectivity index (χ0n) is 22.4. The summed E-state index contributed by atoms with van der Waals surface area (Å²) in [6.07, 6.45) is 8.78. The van der Waals surface area contributed by atoms with Gasteiger partial charge in [-0.15, -0.1) is 0 Å². The molecule has 2 aromatic heterocycles. The molecule has 4 saturated heterocycles. The van der Waals surface area contributed by atoms with Crippen molar-refractivity contribution in [1.29, 1.82) is 0 Å². The Morgan fingerprint density at radius 2 is 1.82 bits per heavy atom. The van der Waals surface area contributed by atoms with E-state index >= 15 is 4.39 Å². The summed E-state index contributed by atoms with van der Waals surface area (Å²) in [6, 6.07) is 9.09. The van der Waals surface area contributed by atoms with Crippen molar-refractivity contribution in [3.63, 3.8) is 0 Å². The number of fused-ring (bicyclic) bond motifs is 4. The highest BCUT2D eigenvalue weighted by Gasteiger charge is 2.45. The first-order chi connectivity index (χ1) is 18.5. The molecule has 2 unspecified atom stereocenters. The Labute approximate surface area is 223 Å². The van der Waals surface area contributed by atoms with Crippen LogP contribution in [-0.2, 0) is 0 Å². The molecule has 8 heteroatoms. The van der Waals surface area contributed by atoms with E-state index in [4.69, 9.17) is 14.7 Å². The van der Waals surface area contributed by atoms with E-state index in [-0.39, 0.29) is 17.5 Å². The lowest BCUT2D eigenvalue weighted by Gasteiger charge is -2.34. The monoisotopic (exact) mass is 516 g/mol. The minimum Gasteiger partial charge on any atom is -0.461 e. The van der Waals surface area contributed by atoms with Crippen molar-refractivity contribution in [2.24, 2.45) is 0 Å². The molecule has 2 bridgehead atoms. The number of piperazine rings is 1. The van der Waals surface area contributed by atoms with Gasteiger partial charge in [-0.3, -0.25) is 9.88 Å². The van der Waals surface area contributed by atoms with Gasteiger partial charge < -0.3 is 15.0 Å². The fraction of sp³-hybridized carbons (Fsp3) is 0.567. The smallest absolute Gasteiger partial charge is 0.319 e. The zero-order valence-corrected chi connectivity index (χ0v) is 22.4. The highest BCUT2D eigenvalue weighted by Crippen LogP contribution is 2.40. The second-order valence-corrected chi connectivity index (χ2v) is 12.0. The minimum atomic E-state index is -0.399. The van der Waals surface area contributed by atoms with Crippen LogP contribution in [0.25, 0.3) is 22.2 Å². The van der Waals surface area contributed by atoms with Gasteiger partial charge in [-0.05, 0) is 63.1 Å². The van der Waals surface area contributed by atoms with Crippen LogP contribution >= 0.6 is 0 Å². The molecular formula is C30H37FN6O. The van der Waals surface area contributed by atoms with Gasteiger partial charge in [-0.1, -0.05) is 38.1 Å². The predicted molar refractivity (Wildman–Crippen MR) is 147 cm³/mol. The van der Waals surface area contributed by atoms with E-state index in [0.29, 0.717) is 35.3 Å². The van der Waals surface area contributed by atoms with Crippen LogP contribution in [-0.4, -0.2) is 70.3 Å². The summed E-state index contributed by atoms with van der Waals surface area (Å²) >= 11 is 0. The van der Waals surface area contributed by atoms with Crippen LogP contribution in [0, 0.1) is 5.82 Å². The van der Waals surface area contributed by atoms with Crippen LogP contribution in [0.5, 0.6) is 6.01 Å². The number of hydrogen-bond acceptors (Lipinski definition) is 7. The number of nitrogens with zero attached hydrogens (tertiary/aromatic N) is 5. The van der Waals surface area contributed by atoms with E-state index in [0.717, 1.165) is 68.8 Å². The molecule has 7 nitrogen and oxygen atoms in total. The second kappa shape index (κ2) is 9.42. The Morgan fingerprint density at radius 1 is 1.08 bits per heavy atom. The summed E-state index contributed by atoms with van der Waals surface area (Å²) in [4.78, 5) is 19.1. The van der Waals surface area contributed by atoms with Crippen LogP contribution in [0.2, 0.25) is 0 Å². The normalized spacial score (nSPS) is 24.5. The highest BCUT2D eigenvalue weighted by molar-refractivity contribution is 5.92. The maximum Gasteiger partial charge on any atom is 0.319 e. The van der Waals surface area contributed by atoms with Crippen LogP contribution in [0.4, 0.5) is 10.2 Å². The molecule has 6 heterocycles. The maximum atomic E-state index is 16.4. The van der Waals surface area contributed by atoms with Gasteiger partial charge in [-0.25, -0.2) is 4.39 Å². The van der Waals surface area contributed by atoms with Gasteiger partial charge in [-0.2, -0.15) is 9.97 Å².